The summed E-state index contributed by atoms with van der Waals surface area (Å²) in [4.78, 5) is 29.4. The second kappa shape index (κ2) is 8.11. The highest BCUT2D eigenvalue weighted by Gasteiger charge is 2.20. The molecule has 2 aromatic rings. The van der Waals surface area contributed by atoms with Crippen molar-refractivity contribution in [3.63, 3.8) is 0 Å². The van der Waals surface area contributed by atoms with Crippen molar-refractivity contribution >= 4 is 28.3 Å². The molecule has 0 radical (unpaired) electrons. The van der Waals surface area contributed by atoms with Gasteiger partial charge in [-0.15, -0.1) is 11.3 Å². The number of para-hydroxylation sites is 1. The predicted octanol–water partition coefficient (Wildman–Crippen LogP) is 2.40. The minimum atomic E-state index is -0.341. The number of aromatic nitrogens is 1. The van der Waals surface area contributed by atoms with Gasteiger partial charge in [0.1, 0.15) is 5.75 Å². The molecular formula is C18H21N3O3S. The minimum absolute atomic E-state index is 0.0996. The Morgan fingerprint density at radius 2 is 2.08 bits per heavy atom. The van der Waals surface area contributed by atoms with Crippen LogP contribution >= 0.6 is 11.3 Å². The molecule has 1 aliphatic carbocycles. The zero-order valence-electron chi connectivity index (χ0n) is 14.1. The fourth-order valence-corrected chi connectivity index (χ4v) is 3.84. The number of hydrogen-bond acceptors (Lipinski definition) is 5. The fourth-order valence-electron chi connectivity index (χ4n) is 2.65. The standard InChI is InChI=1S/C18H21N3O3S/c1-12-7-8-14-15(9-12)25-18(20-14)21-16(22)10-19-17(23)11-24-13-5-3-2-4-6-13/h2-6,12H,7-11H2,1H3,(H,19,23)(H,20,21,22). The van der Waals surface area contributed by atoms with Crippen LogP contribution in [0, 0.1) is 5.92 Å². The summed E-state index contributed by atoms with van der Waals surface area (Å²) in [7, 11) is 0. The van der Waals surface area contributed by atoms with Gasteiger partial charge in [0.2, 0.25) is 5.91 Å². The van der Waals surface area contributed by atoms with Crippen molar-refractivity contribution in [3.05, 3.63) is 40.9 Å². The van der Waals surface area contributed by atoms with Crippen LogP contribution in [0.2, 0.25) is 0 Å². The smallest absolute Gasteiger partial charge is 0.258 e. The molecule has 1 atom stereocenters. The molecule has 3 rings (SSSR count). The molecule has 1 aliphatic rings. The van der Waals surface area contributed by atoms with Crippen LogP contribution in [0.25, 0.3) is 0 Å². The average Bonchev–Trinajstić information content (AvgIpc) is 3.00. The van der Waals surface area contributed by atoms with Crippen molar-refractivity contribution in [3.8, 4) is 5.75 Å². The van der Waals surface area contributed by atoms with E-state index in [9.17, 15) is 9.59 Å². The van der Waals surface area contributed by atoms with Crippen LogP contribution in [-0.2, 0) is 22.4 Å². The number of aryl methyl sites for hydroxylation is 1. The number of carbonyl (C=O) groups excluding carboxylic acids is 2. The summed E-state index contributed by atoms with van der Waals surface area (Å²) in [5.41, 5.74) is 1.10. The molecule has 6 nitrogen and oxygen atoms in total. The molecule has 25 heavy (non-hydrogen) atoms. The minimum Gasteiger partial charge on any atom is -0.484 e. The zero-order chi connectivity index (χ0) is 17.6. The van der Waals surface area contributed by atoms with Gasteiger partial charge in [0, 0.05) is 4.88 Å². The van der Waals surface area contributed by atoms with Crippen LogP contribution in [0.4, 0.5) is 5.13 Å². The number of hydrogen-bond donors (Lipinski definition) is 2. The lowest BCUT2D eigenvalue weighted by molar-refractivity contribution is -0.125. The number of nitrogens with one attached hydrogen (secondary N) is 2. The van der Waals surface area contributed by atoms with Crippen LogP contribution in [0.5, 0.6) is 5.75 Å². The molecule has 1 heterocycles. The first-order valence-electron chi connectivity index (χ1n) is 8.33. The molecule has 0 saturated carbocycles. The molecule has 1 aromatic carbocycles. The Hall–Kier alpha value is -2.41. The molecule has 2 N–H and O–H groups in total. The van der Waals surface area contributed by atoms with Crippen LogP contribution in [0.3, 0.4) is 0 Å². The first kappa shape index (κ1) is 17.4. The van der Waals surface area contributed by atoms with Gasteiger partial charge < -0.3 is 15.4 Å². The van der Waals surface area contributed by atoms with Crippen molar-refractivity contribution in [1.82, 2.24) is 10.3 Å². The van der Waals surface area contributed by atoms with Gasteiger partial charge in [0.05, 0.1) is 12.2 Å². The number of anilines is 1. The Morgan fingerprint density at radius 1 is 1.28 bits per heavy atom. The highest BCUT2D eigenvalue weighted by Crippen LogP contribution is 2.31. The van der Waals surface area contributed by atoms with E-state index in [4.69, 9.17) is 4.74 Å². The average molecular weight is 359 g/mol. The summed E-state index contributed by atoms with van der Waals surface area (Å²) in [6.45, 7) is 2.01. The van der Waals surface area contributed by atoms with Gasteiger partial charge in [0.25, 0.3) is 5.91 Å². The highest BCUT2D eigenvalue weighted by molar-refractivity contribution is 7.15. The van der Waals surface area contributed by atoms with E-state index in [0.717, 1.165) is 25.0 Å². The van der Waals surface area contributed by atoms with E-state index in [1.165, 1.54) is 16.2 Å². The largest absolute Gasteiger partial charge is 0.484 e. The Labute approximate surface area is 150 Å². The normalized spacial score (nSPS) is 16.0. The van der Waals surface area contributed by atoms with Crippen molar-refractivity contribution in [2.45, 2.75) is 26.2 Å². The second-order valence-electron chi connectivity index (χ2n) is 6.16. The number of rotatable bonds is 6. The van der Waals surface area contributed by atoms with Gasteiger partial charge in [-0.05, 0) is 37.3 Å². The maximum absolute atomic E-state index is 12.0. The molecule has 0 saturated heterocycles. The fraction of sp³-hybridized carbons (Fsp3) is 0.389. The van der Waals surface area contributed by atoms with Gasteiger partial charge in [-0.2, -0.15) is 0 Å². The summed E-state index contributed by atoms with van der Waals surface area (Å²) in [5, 5.41) is 5.91. The van der Waals surface area contributed by atoms with Crippen LogP contribution in [-0.4, -0.2) is 29.9 Å². The molecule has 132 valence electrons. The highest BCUT2D eigenvalue weighted by atomic mass is 32.1. The van der Waals surface area contributed by atoms with Crippen molar-refractivity contribution in [1.29, 1.82) is 0 Å². The van der Waals surface area contributed by atoms with Crippen molar-refractivity contribution < 1.29 is 14.3 Å². The molecule has 1 unspecified atom stereocenters. The SMILES string of the molecule is CC1CCc2nc(NC(=O)CNC(=O)COc3ccccc3)sc2C1. The number of nitrogens with zero attached hydrogens (tertiary/aromatic N) is 1. The lowest BCUT2D eigenvalue weighted by Crippen LogP contribution is -2.35. The van der Waals surface area contributed by atoms with E-state index in [0.29, 0.717) is 16.8 Å². The van der Waals surface area contributed by atoms with Crippen molar-refractivity contribution in [2.75, 3.05) is 18.5 Å². The van der Waals surface area contributed by atoms with E-state index < -0.39 is 0 Å². The van der Waals surface area contributed by atoms with Crippen LogP contribution in [0.1, 0.15) is 23.9 Å². The molecule has 2 amide bonds. The number of ether oxygens (including phenoxy) is 1. The summed E-state index contributed by atoms with van der Waals surface area (Å²) in [5.74, 6) is 0.656. The van der Waals surface area contributed by atoms with E-state index in [1.807, 2.05) is 18.2 Å². The van der Waals surface area contributed by atoms with E-state index in [2.05, 4.69) is 22.5 Å². The number of carbonyl (C=O) groups is 2. The number of benzene rings is 1. The van der Waals surface area contributed by atoms with Crippen molar-refractivity contribution in [2.24, 2.45) is 5.92 Å². The number of amides is 2. The van der Waals surface area contributed by atoms with E-state index in [1.54, 1.807) is 12.1 Å². The molecule has 0 bridgehead atoms. The van der Waals surface area contributed by atoms with Crippen LogP contribution in [0.15, 0.2) is 30.3 Å². The summed E-state index contributed by atoms with van der Waals surface area (Å²) >= 11 is 1.53. The third-order valence-electron chi connectivity index (χ3n) is 3.99. The molecule has 0 spiro atoms. The summed E-state index contributed by atoms with van der Waals surface area (Å²) < 4.78 is 5.33. The number of fused-ring (bicyclic) bond motifs is 1. The first-order chi connectivity index (χ1) is 12.1. The van der Waals surface area contributed by atoms with Gasteiger partial charge in [0.15, 0.2) is 11.7 Å². The van der Waals surface area contributed by atoms with E-state index >= 15 is 0 Å². The lowest BCUT2D eigenvalue weighted by atomic mass is 9.93. The Balaban J connectivity index is 1.41. The summed E-state index contributed by atoms with van der Waals surface area (Å²) in [6, 6.07) is 9.06. The Morgan fingerprint density at radius 3 is 2.88 bits per heavy atom. The third-order valence-corrected chi connectivity index (χ3v) is 5.03. The van der Waals surface area contributed by atoms with Crippen LogP contribution < -0.4 is 15.4 Å². The molecular weight excluding hydrogens is 338 g/mol. The monoisotopic (exact) mass is 359 g/mol. The molecule has 0 aliphatic heterocycles. The van der Waals surface area contributed by atoms with Gasteiger partial charge in [-0.25, -0.2) is 4.98 Å². The molecule has 0 fully saturated rings. The maximum Gasteiger partial charge on any atom is 0.258 e. The second-order valence-corrected chi connectivity index (χ2v) is 7.25. The zero-order valence-corrected chi connectivity index (χ0v) is 14.9. The predicted molar refractivity (Wildman–Crippen MR) is 96.9 cm³/mol. The third kappa shape index (κ3) is 5.03. The first-order valence-corrected chi connectivity index (χ1v) is 9.15. The Kier molecular flexibility index (Phi) is 5.65. The molecule has 1 aromatic heterocycles. The topological polar surface area (TPSA) is 80.3 Å². The summed E-state index contributed by atoms with van der Waals surface area (Å²) in [6.07, 6.45) is 3.13. The Bertz CT molecular complexity index is 745. The number of thiazole rings is 1. The maximum atomic E-state index is 12.0. The lowest BCUT2D eigenvalue weighted by Gasteiger charge is -2.15. The van der Waals surface area contributed by atoms with Gasteiger partial charge in [-0.3, -0.25) is 9.59 Å². The van der Waals surface area contributed by atoms with E-state index in [-0.39, 0.29) is 25.0 Å². The van der Waals surface area contributed by atoms with Gasteiger partial charge in [-0.1, -0.05) is 25.1 Å². The quantitative estimate of drug-likeness (QED) is 0.830. The van der Waals surface area contributed by atoms with Gasteiger partial charge >= 0.3 is 0 Å². The molecule has 7 heteroatoms.